The number of amides is 1. The second-order valence-electron chi connectivity index (χ2n) is 8.86. The van der Waals surface area contributed by atoms with Gasteiger partial charge in [-0.3, -0.25) is 9.69 Å². The molecule has 5 nitrogen and oxygen atoms in total. The van der Waals surface area contributed by atoms with Crippen LogP contribution in [0.4, 0.5) is 4.39 Å². The summed E-state index contributed by atoms with van der Waals surface area (Å²) in [6.07, 6.45) is 3.71. The van der Waals surface area contributed by atoms with Gasteiger partial charge in [0.1, 0.15) is 5.82 Å². The van der Waals surface area contributed by atoms with Crippen LogP contribution < -0.4 is 0 Å². The van der Waals surface area contributed by atoms with E-state index < -0.39 is 0 Å². The van der Waals surface area contributed by atoms with E-state index in [-0.39, 0.29) is 11.7 Å². The predicted molar refractivity (Wildman–Crippen MR) is 124 cm³/mol. The zero-order valence-corrected chi connectivity index (χ0v) is 19.3. The van der Waals surface area contributed by atoms with Crippen LogP contribution in [0.5, 0.6) is 0 Å². The molecule has 168 valence electrons. The second-order valence-corrected chi connectivity index (χ2v) is 9.89. The lowest BCUT2D eigenvalue weighted by atomic mass is 10.0. The van der Waals surface area contributed by atoms with Crippen LogP contribution in [-0.4, -0.2) is 45.1 Å². The van der Waals surface area contributed by atoms with Crippen LogP contribution in [0.1, 0.15) is 41.6 Å². The molecule has 0 bridgehead atoms. The number of thiophene rings is 1. The largest absolute Gasteiger partial charge is 0.336 e. The number of rotatable bonds is 8. The lowest BCUT2D eigenvalue weighted by molar-refractivity contribution is -0.131. The fraction of sp³-hybridized carbons (Fsp3) is 0.440. The first-order valence-corrected chi connectivity index (χ1v) is 12.4. The van der Waals surface area contributed by atoms with E-state index in [1.165, 1.54) is 30.5 Å². The number of benzene rings is 1. The van der Waals surface area contributed by atoms with Gasteiger partial charge in [-0.15, -0.1) is 11.3 Å². The molecule has 1 fully saturated rings. The number of carbonyl (C=O) groups excluding carboxylic acids is 1. The standard InChI is InChI=1S/C25H29FN4OS/c1-2-28-11-10-24-22(16-28)23(27-30(24)20-6-3-5-19(26)13-20)17-29(15-18-8-9-18)25(31)14-21-7-4-12-32-21/h3-7,12-13,18H,2,8-11,14-17H2,1H3. The third-order valence-corrected chi connectivity index (χ3v) is 7.37. The Balaban J connectivity index is 1.47. The summed E-state index contributed by atoms with van der Waals surface area (Å²) in [7, 11) is 0. The van der Waals surface area contributed by atoms with Gasteiger partial charge in [-0.05, 0) is 54.9 Å². The Hall–Kier alpha value is -2.51. The predicted octanol–water partition coefficient (Wildman–Crippen LogP) is 4.43. The fourth-order valence-electron chi connectivity index (χ4n) is 4.48. The van der Waals surface area contributed by atoms with E-state index in [1.54, 1.807) is 17.4 Å². The molecule has 7 heteroatoms. The fourth-order valence-corrected chi connectivity index (χ4v) is 5.18. The Labute approximate surface area is 192 Å². The molecule has 2 aromatic heterocycles. The first-order valence-electron chi connectivity index (χ1n) is 11.5. The van der Waals surface area contributed by atoms with Gasteiger partial charge in [-0.2, -0.15) is 5.10 Å². The van der Waals surface area contributed by atoms with Crippen molar-refractivity contribution in [3.05, 3.63) is 69.4 Å². The first kappa shape index (κ1) is 21.3. The van der Waals surface area contributed by atoms with E-state index in [2.05, 4.69) is 11.8 Å². The maximum atomic E-state index is 14.0. The smallest absolute Gasteiger partial charge is 0.228 e. The van der Waals surface area contributed by atoms with Crippen LogP contribution in [0.2, 0.25) is 0 Å². The molecular weight excluding hydrogens is 423 g/mol. The van der Waals surface area contributed by atoms with Gasteiger partial charge in [0.15, 0.2) is 0 Å². The highest BCUT2D eigenvalue weighted by atomic mass is 32.1. The molecule has 5 rings (SSSR count). The minimum Gasteiger partial charge on any atom is -0.336 e. The average molecular weight is 453 g/mol. The molecule has 32 heavy (non-hydrogen) atoms. The second kappa shape index (κ2) is 9.16. The minimum absolute atomic E-state index is 0.163. The van der Waals surface area contributed by atoms with Crippen LogP contribution in [0.3, 0.4) is 0 Å². The van der Waals surface area contributed by atoms with Crippen molar-refractivity contribution in [3.63, 3.8) is 0 Å². The number of fused-ring (bicyclic) bond motifs is 1. The van der Waals surface area contributed by atoms with Crippen molar-refractivity contribution in [2.45, 2.75) is 45.7 Å². The van der Waals surface area contributed by atoms with E-state index in [0.29, 0.717) is 18.9 Å². The van der Waals surface area contributed by atoms with Gasteiger partial charge < -0.3 is 4.90 Å². The molecule has 1 aliphatic carbocycles. The molecule has 2 aliphatic rings. The third-order valence-electron chi connectivity index (χ3n) is 6.49. The number of carbonyl (C=O) groups is 1. The van der Waals surface area contributed by atoms with E-state index in [1.807, 2.05) is 33.2 Å². The van der Waals surface area contributed by atoms with Crippen LogP contribution >= 0.6 is 11.3 Å². The topological polar surface area (TPSA) is 41.4 Å². The van der Waals surface area contributed by atoms with E-state index in [4.69, 9.17) is 5.10 Å². The highest BCUT2D eigenvalue weighted by molar-refractivity contribution is 7.10. The Morgan fingerprint density at radius 1 is 1.28 bits per heavy atom. The number of halogens is 1. The quantitative estimate of drug-likeness (QED) is 0.508. The maximum absolute atomic E-state index is 14.0. The normalized spacial score (nSPS) is 16.2. The summed E-state index contributed by atoms with van der Waals surface area (Å²) in [5.74, 6) is 0.507. The summed E-state index contributed by atoms with van der Waals surface area (Å²) < 4.78 is 15.9. The van der Waals surface area contributed by atoms with Crippen molar-refractivity contribution >= 4 is 17.2 Å². The molecule has 0 radical (unpaired) electrons. The third kappa shape index (κ3) is 4.64. The van der Waals surface area contributed by atoms with Crippen LogP contribution in [0, 0.1) is 11.7 Å². The van der Waals surface area contributed by atoms with Crippen molar-refractivity contribution in [2.24, 2.45) is 5.92 Å². The first-order chi connectivity index (χ1) is 15.6. The van der Waals surface area contributed by atoms with E-state index in [0.717, 1.165) is 54.6 Å². The highest BCUT2D eigenvalue weighted by Gasteiger charge is 2.30. The molecule has 3 heterocycles. The number of hydrogen-bond donors (Lipinski definition) is 0. The number of likely N-dealkylation sites (N-methyl/N-ethyl adjacent to an activating group) is 1. The van der Waals surface area contributed by atoms with Gasteiger partial charge in [0.2, 0.25) is 5.91 Å². The molecule has 0 spiro atoms. The van der Waals surface area contributed by atoms with Gasteiger partial charge in [-0.1, -0.05) is 19.1 Å². The molecule has 0 N–H and O–H groups in total. The summed E-state index contributed by atoms with van der Waals surface area (Å²) >= 11 is 1.63. The molecule has 1 aromatic carbocycles. The number of aromatic nitrogens is 2. The lowest BCUT2D eigenvalue weighted by Crippen LogP contribution is -2.35. The van der Waals surface area contributed by atoms with Gasteiger partial charge in [0, 0.05) is 36.5 Å². The summed E-state index contributed by atoms with van der Waals surface area (Å²) in [4.78, 5) is 18.7. The minimum atomic E-state index is -0.263. The summed E-state index contributed by atoms with van der Waals surface area (Å²) in [5, 5.41) is 6.97. The molecule has 0 unspecified atom stereocenters. The molecule has 0 atom stereocenters. The zero-order valence-electron chi connectivity index (χ0n) is 18.5. The van der Waals surface area contributed by atoms with E-state index in [9.17, 15) is 9.18 Å². The highest BCUT2D eigenvalue weighted by Crippen LogP contribution is 2.32. The molecule has 0 saturated heterocycles. The zero-order chi connectivity index (χ0) is 22.1. The van der Waals surface area contributed by atoms with Gasteiger partial charge in [0.25, 0.3) is 0 Å². The monoisotopic (exact) mass is 452 g/mol. The number of nitrogens with zero attached hydrogens (tertiary/aromatic N) is 4. The molecule has 1 saturated carbocycles. The Bertz CT molecular complexity index is 1090. The lowest BCUT2D eigenvalue weighted by Gasteiger charge is -2.27. The SMILES string of the molecule is CCN1CCc2c(c(CN(CC3CC3)C(=O)Cc3cccs3)nn2-c2cccc(F)c2)C1. The van der Waals surface area contributed by atoms with Crippen LogP contribution in [-0.2, 0) is 30.7 Å². The Kier molecular flexibility index (Phi) is 6.11. The maximum Gasteiger partial charge on any atom is 0.228 e. The van der Waals surface area contributed by atoms with Crippen LogP contribution in [0.15, 0.2) is 41.8 Å². The van der Waals surface area contributed by atoms with Gasteiger partial charge in [0.05, 0.1) is 30.0 Å². The van der Waals surface area contributed by atoms with Crippen molar-refractivity contribution in [1.82, 2.24) is 19.6 Å². The van der Waals surface area contributed by atoms with Crippen LogP contribution in [0.25, 0.3) is 5.69 Å². The van der Waals surface area contributed by atoms with Crippen molar-refractivity contribution in [1.29, 1.82) is 0 Å². The summed E-state index contributed by atoms with van der Waals surface area (Å²) in [6, 6.07) is 10.6. The molecule has 1 aliphatic heterocycles. The molecule has 1 amide bonds. The average Bonchev–Trinajstić information content (AvgIpc) is 3.33. The summed E-state index contributed by atoms with van der Waals surface area (Å²) in [6.45, 7) is 6.25. The van der Waals surface area contributed by atoms with Crippen molar-refractivity contribution in [3.8, 4) is 5.69 Å². The Morgan fingerprint density at radius 2 is 2.16 bits per heavy atom. The molecular formula is C25H29FN4OS. The van der Waals surface area contributed by atoms with Gasteiger partial charge in [-0.25, -0.2) is 9.07 Å². The van der Waals surface area contributed by atoms with Crippen molar-refractivity contribution in [2.75, 3.05) is 19.6 Å². The number of hydrogen-bond acceptors (Lipinski definition) is 4. The molecule has 3 aromatic rings. The van der Waals surface area contributed by atoms with E-state index >= 15 is 0 Å². The van der Waals surface area contributed by atoms with Crippen molar-refractivity contribution < 1.29 is 9.18 Å². The van der Waals surface area contributed by atoms with Gasteiger partial charge >= 0.3 is 0 Å². The Morgan fingerprint density at radius 3 is 2.88 bits per heavy atom. The summed E-state index contributed by atoms with van der Waals surface area (Å²) in [5.41, 5.74) is 4.04.